The van der Waals surface area contributed by atoms with Crippen molar-refractivity contribution in [3.05, 3.63) is 41.6 Å². The summed E-state index contributed by atoms with van der Waals surface area (Å²) in [5, 5.41) is 23.4. The molecule has 0 saturated carbocycles. The SMILES string of the molecule is CCOC(=O)c1ccccc1N/C=C(/C#N)C(=O)NC(CCSC)C(=O)O. The first kappa shape index (κ1) is 22.1. The molecule has 8 nitrogen and oxygen atoms in total. The first-order valence-corrected chi connectivity index (χ1v) is 9.49. The van der Waals surface area contributed by atoms with Crippen LogP contribution >= 0.6 is 11.8 Å². The van der Waals surface area contributed by atoms with Gasteiger partial charge in [-0.25, -0.2) is 9.59 Å². The van der Waals surface area contributed by atoms with Gasteiger partial charge in [0.15, 0.2) is 0 Å². The van der Waals surface area contributed by atoms with Crippen LogP contribution in [0.3, 0.4) is 0 Å². The van der Waals surface area contributed by atoms with E-state index in [1.807, 2.05) is 6.26 Å². The fourth-order valence-electron chi connectivity index (χ4n) is 2.02. The van der Waals surface area contributed by atoms with E-state index in [0.717, 1.165) is 6.20 Å². The molecule has 1 aromatic carbocycles. The molecule has 1 aromatic rings. The van der Waals surface area contributed by atoms with E-state index in [9.17, 15) is 19.6 Å². The number of carbonyl (C=O) groups excluding carboxylic acids is 2. The van der Waals surface area contributed by atoms with Crippen LogP contribution in [0.25, 0.3) is 0 Å². The highest BCUT2D eigenvalue weighted by molar-refractivity contribution is 7.98. The number of benzene rings is 1. The molecule has 0 bridgehead atoms. The normalized spacial score (nSPS) is 11.8. The molecule has 0 spiro atoms. The highest BCUT2D eigenvalue weighted by Crippen LogP contribution is 2.16. The summed E-state index contributed by atoms with van der Waals surface area (Å²) < 4.78 is 4.95. The molecular formula is C18H21N3O5S. The number of nitrogens with one attached hydrogen (secondary N) is 2. The van der Waals surface area contributed by atoms with E-state index < -0.39 is 23.9 Å². The Kier molecular flexibility index (Phi) is 9.47. The molecule has 0 radical (unpaired) electrons. The summed E-state index contributed by atoms with van der Waals surface area (Å²) in [6.45, 7) is 1.89. The lowest BCUT2D eigenvalue weighted by Crippen LogP contribution is -2.41. The molecule has 0 aliphatic rings. The number of nitrogens with zero attached hydrogens (tertiary/aromatic N) is 1. The van der Waals surface area contributed by atoms with Gasteiger partial charge in [-0.3, -0.25) is 4.79 Å². The number of thioether (sulfide) groups is 1. The number of carboxylic acid groups (broad SMARTS) is 1. The first-order valence-electron chi connectivity index (χ1n) is 8.10. The third kappa shape index (κ3) is 7.03. The maximum absolute atomic E-state index is 12.2. The van der Waals surface area contributed by atoms with Crippen molar-refractivity contribution in [2.75, 3.05) is 23.9 Å². The average molecular weight is 391 g/mol. The molecule has 1 rings (SSSR count). The van der Waals surface area contributed by atoms with E-state index in [0.29, 0.717) is 11.4 Å². The molecule has 0 aliphatic carbocycles. The number of hydrogen-bond acceptors (Lipinski definition) is 7. The van der Waals surface area contributed by atoms with Crippen LogP contribution in [-0.4, -0.2) is 47.6 Å². The molecule has 1 atom stereocenters. The minimum absolute atomic E-state index is 0.210. The molecule has 27 heavy (non-hydrogen) atoms. The number of rotatable bonds is 10. The summed E-state index contributed by atoms with van der Waals surface area (Å²) in [7, 11) is 0. The summed E-state index contributed by atoms with van der Waals surface area (Å²) in [5.74, 6) is -1.98. The van der Waals surface area contributed by atoms with Crippen molar-refractivity contribution in [1.82, 2.24) is 5.32 Å². The molecule has 1 amide bonds. The van der Waals surface area contributed by atoms with Gasteiger partial charge >= 0.3 is 11.9 Å². The van der Waals surface area contributed by atoms with Gasteiger partial charge in [0.2, 0.25) is 0 Å². The van der Waals surface area contributed by atoms with Crippen LogP contribution in [0, 0.1) is 11.3 Å². The summed E-state index contributed by atoms with van der Waals surface area (Å²) in [4.78, 5) is 35.4. The lowest BCUT2D eigenvalue weighted by Gasteiger charge is -2.13. The van der Waals surface area contributed by atoms with E-state index >= 15 is 0 Å². The largest absolute Gasteiger partial charge is 0.480 e. The summed E-state index contributed by atoms with van der Waals surface area (Å²) in [6, 6.07) is 7.09. The quantitative estimate of drug-likeness (QED) is 0.314. The number of amides is 1. The number of aliphatic carboxylic acids is 1. The van der Waals surface area contributed by atoms with Gasteiger partial charge in [0, 0.05) is 6.20 Å². The standard InChI is InChI=1S/C18H21N3O5S/c1-3-26-18(25)13-6-4-5-7-14(13)20-11-12(10-19)16(22)21-15(17(23)24)8-9-27-2/h4-7,11,15,20H,3,8-9H2,1-2H3,(H,21,22)(H,23,24)/b12-11-. The zero-order chi connectivity index (χ0) is 20.2. The maximum atomic E-state index is 12.2. The molecule has 3 N–H and O–H groups in total. The van der Waals surface area contributed by atoms with E-state index in [1.54, 1.807) is 37.3 Å². The van der Waals surface area contributed by atoms with E-state index in [1.165, 1.54) is 11.8 Å². The number of carboxylic acids is 1. The van der Waals surface area contributed by atoms with Crippen LogP contribution in [0.2, 0.25) is 0 Å². The molecule has 0 aromatic heterocycles. The molecule has 1 unspecified atom stereocenters. The highest BCUT2D eigenvalue weighted by atomic mass is 32.2. The number of nitriles is 1. The van der Waals surface area contributed by atoms with Crippen LogP contribution in [-0.2, 0) is 14.3 Å². The van der Waals surface area contributed by atoms with Crippen LogP contribution in [0.5, 0.6) is 0 Å². The number of ether oxygens (including phenoxy) is 1. The highest BCUT2D eigenvalue weighted by Gasteiger charge is 2.21. The van der Waals surface area contributed by atoms with Crippen LogP contribution < -0.4 is 10.6 Å². The molecule has 0 saturated heterocycles. The molecule has 0 aliphatic heterocycles. The fraction of sp³-hybridized carbons (Fsp3) is 0.333. The zero-order valence-electron chi connectivity index (χ0n) is 15.0. The van der Waals surface area contributed by atoms with Crippen LogP contribution in [0.4, 0.5) is 5.69 Å². The number of para-hydroxylation sites is 1. The van der Waals surface area contributed by atoms with Gasteiger partial charge in [0.25, 0.3) is 5.91 Å². The Balaban J connectivity index is 2.92. The topological polar surface area (TPSA) is 129 Å². The first-order chi connectivity index (χ1) is 12.9. The number of esters is 1. The summed E-state index contributed by atoms with van der Waals surface area (Å²) in [6.07, 6.45) is 3.19. The predicted octanol–water partition coefficient (Wildman–Crippen LogP) is 2.01. The molecule has 9 heteroatoms. The molecular weight excluding hydrogens is 370 g/mol. The van der Waals surface area contributed by atoms with Crippen molar-refractivity contribution in [1.29, 1.82) is 5.26 Å². The van der Waals surface area contributed by atoms with Gasteiger partial charge < -0.3 is 20.5 Å². The average Bonchev–Trinajstić information content (AvgIpc) is 2.65. The monoisotopic (exact) mass is 391 g/mol. The minimum atomic E-state index is -1.17. The van der Waals surface area contributed by atoms with Crippen molar-refractivity contribution in [2.45, 2.75) is 19.4 Å². The van der Waals surface area contributed by atoms with Crippen molar-refractivity contribution < 1.29 is 24.2 Å². The van der Waals surface area contributed by atoms with Gasteiger partial charge in [-0.1, -0.05) is 12.1 Å². The third-order valence-electron chi connectivity index (χ3n) is 3.37. The smallest absolute Gasteiger partial charge is 0.340 e. The Hall–Kier alpha value is -2.99. The molecule has 0 heterocycles. The second-order valence-electron chi connectivity index (χ2n) is 5.23. The zero-order valence-corrected chi connectivity index (χ0v) is 15.8. The second-order valence-corrected chi connectivity index (χ2v) is 6.21. The van der Waals surface area contributed by atoms with Crippen molar-refractivity contribution >= 4 is 35.3 Å². The second kappa shape index (κ2) is 11.6. The Morgan fingerprint density at radius 1 is 1.37 bits per heavy atom. The van der Waals surface area contributed by atoms with Gasteiger partial charge in [0.05, 0.1) is 17.9 Å². The number of hydrogen-bond donors (Lipinski definition) is 3. The van der Waals surface area contributed by atoms with E-state index in [4.69, 9.17) is 9.84 Å². The number of carbonyl (C=O) groups is 3. The van der Waals surface area contributed by atoms with Crippen LogP contribution in [0.15, 0.2) is 36.0 Å². The van der Waals surface area contributed by atoms with E-state index in [2.05, 4.69) is 10.6 Å². The summed E-state index contributed by atoms with van der Waals surface area (Å²) >= 11 is 1.45. The Morgan fingerprint density at radius 2 is 2.07 bits per heavy atom. The van der Waals surface area contributed by atoms with Gasteiger partial charge in [-0.05, 0) is 37.5 Å². The fourth-order valence-corrected chi connectivity index (χ4v) is 2.49. The lowest BCUT2D eigenvalue weighted by molar-refractivity contribution is -0.141. The number of anilines is 1. The van der Waals surface area contributed by atoms with Gasteiger partial charge in [-0.2, -0.15) is 17.0 Å². The van der Waals surface area contributed by atoms with E-state index in [-0.39, 0.29) is 24.2 Å². The Bertz CT molecular complexity index is 758. The lowest BCUT2D eigenvalue weighted by atomic mass is 10.1. The molecule has 144 valence electrons. The summed E-state index contributed by atoms with van der Waals surface area (Å²) in [5.41, 5.74) is 0.286. The van der Waals surface area contributed by atoms with Crippen molar-refractivity contribution in [3.63, 3.8) is 0 Å². The Labute approximate surface area is 161 Å². The van der Waals surface area contributed by atoms with Crippen molar-refractivity contribution in [3.8, 4) is 6.07 Å². The Morgan fingerprint density at radius 3 is 2.67 bits per heavy atom. The molecule has 0 fully saturated rings. The van der Waals surface area contributed by atoms with Crippen LogP contribution in [0.1, 0.15) is 23.7 Å². The van der Waals surface area contributed by atoms with Gasteiger partial charge in [0.1, 0.15) is 17.7 Å². The minimum Gasteiger partial charge on any atom is -0.480 e. The van der Waals surface area contributed by atoms with Gasteiger partial charge in [-0.15, -0.1) is 0 Å². The van der Waals surface area contributed by atoms with Crippen molar-refractivity contribution in [2.24, 2.45) is 0 Å². The third-order valence-corrected chi connectivity index (χ3v) is 4.02. The maximum Gasteiger partial charge on any atom is 0.340 e. The predicted molar refractivity (Wildman–Crippen MR) is 102 cm³/mol.